The van der Waals surface area contributed by atoms with Gasteiger partial charge in [0, 0.05) is 42.8 Å². The molecule has 1 aromatic heterocycles. The molecule has 2 aromatic carbocycles. The third-order valence-electron chi connectivity index (χ3n) is 5.63. The van der Waals surface area contributed by atoms with Crippen LogP contribution in [0.3, 0.4) is 0 Å². The standard InChI is InChI=1S/C22H25ClN4O/c1-16(18-6-4-3-5-7-18)26-12-14-27(15-13-26)17(2)22-24-21(25-28-22)19-8-10-20(23)11-9-19/h3-11,16-17H,12-15H2,1-2H3/t16-,17+/m0/s1. The number of halogens is 1. The van der Waals surface area contributed by atoms with Crippen molar-refractivity contribution in [1.29, 1.82) is 0 Å². The summed E-state index contributed by atoms with van der Waals surface area (Å²) < 4.78 is 5.56. The molecule has 0 amide bonds. The Hall–Kier alpha value is -2.21. The largest absolute Gasteiger partial charge is 0.337 e. The van der Waals surface area contributed by atoms with Gasteiger partial charge in [-0.3, -0.25) is 9.80 Å². The Kier molecular flexibility index (Phi) is 5.76. The van der Waals surface area contributed by atoms with Gasteiger partial charge < -0.3 is 4.52 Å². The van der Waals surface area contributed by atoms with Crippen LogP contribution in [-0.4, -0.2) is 46.1 Å². The smallest absolute Gasteiger partial charge is 0.244 e. The molecule has 1 saturated heterocycles. The number of piperazine rings is 1. The molecule has 1 aliphatic rings. The third kappa shape index (κ3) is 4.12. The van der Waals surface area contributed by atoms with Crippen LogP contribution in [0, 0.1) is 0 Å². The first kappa shape index (κ1) is 19.1. The molecule has 6 heteroatoms. The first-order valence-electron chi connectivity index (χ1n) is 9.74. The van der Waals surface area contributed by atoms with E-state index >= 15 is 0 Å². The van der Waals surface area contributed by atoms with Gasteiger partial charge in [-0.25, -0.2) is 0 Å². The summed E-state index contributed by atoms with van der Waals surface area (Å²) in [5.74, 6) is 1.27. The number of aromatic nitrogens is 2. The molecule has 0 saturated carbocycles. The van der Waals surface area contributed by atoms with Crippen molar-refractivity contribution in [3.05, 3.63) is 71.1 Å². The van der Waals surface area contributed by atoms with Crippen molar-refractivity contribution in [2.24, 2.45) is 0 Å². The van der Waals surface area contributed by atoms with E-state index in [9.17, 15) is 0 Å². The Morgan fingerprint density at radius 3 is 2.11 bits per heavy atom. The quantitative estimate of drug-likeness (QED) is 0.618. The molecular formula is C22H25ClN4O. The van der Waals surface area contributed by atoms with E-state index in [0.29, 0.717) is 22.8 Å². The van der Waals surface area contributed by atoms with Gasteiger partial charge in [-0.15, -0.1) is 0 Å². The molecule has 146 valence electrons. The molecule has 0 radical (unpaired) electrons. The zero-order chi connectivity index (χ0) is 19.5. The highest BCUT2D eigenvalue weighted by Crippen LogP contribution is 2.27. The number of hydrogen-bond donors (Lipinski definition) is 0. The molecule has 0 spiro atoms. The van der Waals surface area contributed by atoms with E-state index in [0.717, 1.165) is 31.7 Å². The Morgan fingerprint density at radius 2 is 1.46 bits per heavy atom. The molecule has 0 unspecified atom stereocenters. The second-order valence-electron chi connectivity index (χ2n) is 7.30. The minimum atomic E-state index is 0.0998. The average molecular weight is 397 g/mol. The fraction of sp³-hybridized carbons (Fsp3) is 0.364. The number of hydrogen-bond acceptors (Lipinski definition) is 5. The number of nitrogens with zero attached hydrogens (tertiary/aromatic N) is 4. The van der Waals surface area contributed by atoms with Crippen LogP contribution < -0.4 is 0 Å². The van der Waals surface area contributed by atoms with Crippen molar-refractivity contribution in [3.63, 3.8) is 0 Å². The third-order valence-corrected chi connectivity index (χ3v) is 5.88. The second-order valence-corrected chi connectivity index (χ2v) is 7.73. The first-order chi connectivity index (χ1) is 13.6. The summed E-state index contributed by atoms with van der Waals surface area (Å²) >= 11 is 5.95. The lowest BCUT2D eigenvalue weighted by molar-refractivity contribution is 0.0678. The van der Waals surface area contributed by atoms with E-state index in [4.69, 9.17) is 16.1 Å². The number of benzene rings is 2. The Balaban J connectivity index is 1.38. The van der Waals surface area contributed by atoms with E-state index in [1.807, 2.05) is 24.3 Å². The van der Waals surface area contributed by atoms with Gasteiger partial charge in [0.2, 0.25) is 11.7 Å². The Bertz CT molecular complexity index is 888. The highest BCUT2D eigenvalue weighted by atomic mass is 35.5. The van der Waals surface area contributed by atoms with E-state index < -0.39 is 0 Å². The van der Waals surface area contributed by atoms with Crippen LogP contribution >= 0.6 is 11.6 Å². The molecule has 4 rings (SSSR count). The number of rotatable bonds is 5. The molecule has 28 heavy (non-hydrogen) atoms. The van der Waals surface area contributed by atoms with Crippen molar-refractivity contribution in [2.75, 3.05) is 26.2 Å². The van der Waals surface area contributed by atoms with E-state index in [-0.39, 0.29) is 6.04 Å². The highest BCUT2D eigenvalue weighted by Gasteiger charge is 2.28. The van der Waals surface area contributed by atoms with Gasteiger partial charge in [-0.1, -0.05) is 47.1 Å². The summed E-state index contributed by atoms with van der Waals surface area (Å²) in [6, 6.07) is 18.7. The van der Waals surface area contributed by atoms with Crippen LogP contribution in [0.15, 0.2) is 59.1 Å². The molecule has 1 fully saturated rings. The summed E-state index contributed by atoms with van der Waals surface area (Å²) in [7, 11) is 0. The molecule has 1 aliphatic heterocycles. The van der Waals surface area contributed by atoms with Crippen LogP contribution in [0.5, 0.6) is 0 Å². The fourth-order valence-electron chi connectivity index (χ4n) is 3.73. The molecule has 5 nitrogen and oxygen atoms in total. The summed E-state index contributed by atoms with van der Waals surface area (Å²) in [5, 5.41) is 4.85. The van der Waals surface area contributed by atoms with Crippen LogP contribution in [0.2, 0.25) is 5.02 Å². The predicted molar refractivity (Wildman–Crippen MR) is 111 cm³/mol. The molecular weight excluding hydrogens is 372 g/mol. The van der Waals surface area contributed by atoms with Crippen molar-refractivity contribution >= 4 is 11.6 Å². The summed E-state index contributed by atoms with van der Waals surface area (Å²) in [4.78, 5) is 9.55. The maximum absolute atomic E-state index is 5.95. The van der Waals surface area contributed by atoms with Crippen LogP contribution in [0.1, 0.15) is 37.4 Å². The van der Waals surface area contributed by atoms with Gasteiger partial charge >= 0.3 is 0 Å². The van der Waals surface area contributed by atoms with Gasteiger partial charge in [0.15, 0.2) is 0 Å². The van der Waals surface area contributed by atoms with Gasteiger partial charge in [0.1, 0.15) is 0 Å². The molecule has 2 heterocycles. The van der Waals surface area contributed by atoms with Crippen molar-refractivity contribution in [2.45, 2.75) is 25.9 Å². The van der Waals surface area contributed by atoms with E-state index in [1.54, 1.807) is 0 Å². The molecule has 2 atom stereocenters. The van der Waals surface area contributed by atoms with E-state index in [2.05, 4.69) is 64.1 Å². The molecule has 3 aromatic rings. The minimum absolute atomic E-state index is 0.0998. The SMILES string of the molecule is C[C@H](c1nc(-c2ccc(Cl)cc2)no1)N1CCN([C@@H](C)c2ccccc2)CC1. The van der Waals surface area contributed by atoms with E-state index in [1.165, 1.54) is 5.56 Å². The first-order valence-corrected chi connectivity index (χ1v) is 10.1. The van der Waals surface area contributed by atoms with Crippen molar-refractivity contribution < 1.29 is 4.52 Å². The lowest BCUT2D eigenvalue weighted by atomic mass is 10.1. The normalized spacial score (nSPS) is 18.1. The lowest BCUT2D eigenvalue weighted by Gasteiger charge is -2.39. The fourth-order valence-corrected chi connectivity index (χ4v) is 3.86. The summed E-state index contributed by atoms with van der Waals surface area (Å²) in [6.45, 7) is 8.44. The van der Waals surface area contributed by atoms with Gasteiger partial charge in [0.05, 0.1) is 6.04 Å². The molecule has 0 bridgehead atoms. The van der Waals surface area contributed by atoms with Gasteiger partial charge in [-0.05, 0) is 43.7 Å². The average Bonchev–Trinajstić information content (AvgIpc) is 3.24. The van der Waals surface area contributed by atoms with Crippen molar-refractivity contribution in [3.8, 4) is 11.4 Å². The zero-order valence-corrected chi connectivity index (χ0v) is 17.0. The summed E-state index contributed by atoms with van der Waals surface area (Å²) in [5.41, 5.74) is 2.28. The summed E-state index contributed by atoms with van der Waals surface area (Å²) in [6.07, 6.45) is 0. The zero-order valence-electron chi connectivity index (χ0n) is 16.3. The minimum Gasteiger partial charge on any atom is -0.337 e. The maximum atomic E-state index is 5.95. The topological polar surface area (TPSA) is 45.4 Å². The highest BCUT2D eigenvalue weighted by molar-refractivity contribution is 6.30. The molecule has 0 N–H and O–H groups in total. The van der Waals surface area contributed by atoms with Gasteiger partial charge in [-0.2, -0.15) is 4.98 Å². The van der Waals surface area contributed by atoms with Crippen LogP contribution in [-0.2, 0) is 0 Å². The molecule has 0 aliphatic carbocycles. The Morgan fingerprint density at radius 1 is 0.857 bits per heavy atom. The predicted octanol–water partition coefficient (Wildman–Crippen LogP) is 4.83. The lowest BCUT2D eigenvalue weighted by Crippen LogP contribution is -2.47. The monoisotopic (exact) mass is 396 g/mol. The van der Waals surface area contributed by atoms with Crippen LogP contribution in [0.4, 0.5) is 0 Å². The van der Waals surface area contributed by atoms with Gasteiger partial charge in [0.25, 0.3) is 0 Å². The van der Waals surface area contributed by atoms with Crippen molar-refractivity contribution in [1.82, 2.24) is 19.9 Å². The maximum Gasteiger partial charge on any atom is 0.244 e. The Labute approximate surface area is 170 Å². The second kappa shape index (κ2) is 8.43. The van der Waals surface area contributed by atoms with Crippen LogP contribution in [0.25, 0.3) is 11.4 Å².